The van der Waals surface area contributed by atoms with Crippen molar-refractivity contribution in [2.45, 2.75) is 13.5 Å². The molecule has 0 aliphatic heterocycles. The minimum absolute atomic E-state index is 0.0609. The van der Waals surface area contributed by atoms with Crippen molar-refractivity contribution in [3.8, 4) is 17.6 Å². The van der Waals surface area contributed by atoms with Crippen molar-refractivity contribution in [2.24, 2.45) is 0 Å². The molecular weight excluding hydrogens is 492 g/mol. The summed E-state index contributed by atoms with van der Waals surface area (Å²) in [7, 11) is 0. The maximum atomic E-state index is 12.5. The fraction of sp³-hybridized carbons (Fsp3) is 0.120. The number of hydrogen-bond acceptors (Lipinski definition) is 4. The molecule has 1 amide bonds. The number of nitrogens with zero attached hydrogens (tertiary/aromatic N) is 1. The Kier molecular flexibility index (Phi) is 8.32. The first-order valence-corrected chi connectivity index (χ1v) is 11.0. The first kappa shape index (κ1) is 23.4. The average molecular weight is 512 g/mol. The van der Waals surface area contributed by atoms with Crippen LogP contribution in [0.2, 0.25) is 5.02 Å². The van der Waals surface area contributed by atoms with E-state index in [1.54, 1.807) is 36.4 Å². The van der Waals surface area contributed by atoms with Crippen molar-refractivity contribution in [1.82, 2.24) is 0 Å². The second-order valence-electron chi connectivity index (χ2n) is 6.63. The summed E-state index contributed by atoms with van der Waals surface area (Å²) in [4.78, 5) is 12.5. The largest absolute Gasteiger partial charge is 0.490 e. The molecule has 5 nitrogen and oxygen atoms in total. The van der Waals surface area contributed by atoms with Crippen LogP contribution in [0, 0.1) is 11.3 Å². The van der Waals surface area contributed by atoms with E-state index >= 15 is 0 Å². The summed E-state index contributed by atoms with van der Waals surface area (Å²) in [5, 5.41) is 12.5. The molecular formula is C25H20BrClN2O3. The lowest BCUT2D eigenvalue weighted by Crippen LogP contribution is -2.13. The molecule has 3 rings (SSSR count). The maximum Gasteiger partial charge on any atom is 0.266 e. The zero-order valence-corrected chi connectivity index (χ0v) is 19.6. The Morgan fingerprint density at radius 1 is 1.12 bits per heavy atom. The lowest BCUT2D eigenvalue weighted by atomic mass is 10.1. The zero-order valence-electron chi connectivity index (χ0n) is 17.3. The molecule has 0 radical (unpaired) electrons. The smallest absolute Gasteiger partial charge is 0.266 e. The van der Waals surface area contributed by atoms with Crippen molar-refractivity contribution < 1.29 is 14.3 Å². The van der Waals surface area contributed by atoms with Gasteiger partial charge < -0.3 is 14.8 Å². The van der Waals surface area contributed by atoms with Crippen molar-refractivity contribution in [3.63, 3.8) is 0 Å². The lowest BCUT2D eigenvalue weighted by Gasteiger charge is -2.15. The topological polar surface area (TPSA) is 71.3 Å². The quantitative estimate of drug-likeness (QED) is 0.272. The molecule has 0 bridgehead atoms. The molecule has 0 spiro atoms. The molecule has 1 N–H and O–H groups in total. The Labute approximate surface area is 200 Å². The van der Waals surface area contributed by atoms with E-state index in [9.17, 15) is 10.1 Å². The van der Waals surface area contributed by atoms with Crippen molar-refractivity contribution >= 4 is 45.2 Å². The van der Waals surface area contributed by atoms with E-state index in [0.717, 1.165) is 10.0 Å². The van der Waals surface area contributed by atoms with E-state index < -0.39 is 5.91 Å². The average Bonchev–Trinajstić information content (AvgIpc) is 2.79. The van der Waals surface area contributed by atoms with Crippen LogP contribution in [0.3, 0.4) is 0 Å². The molecule has 162 valence electrons. The van der Waals surface area contributed by atoms with Gasteiger partial charge in [-0.3, -0.25) is 4.79 Å². The number of anilines is 1. The first-order chi connectivity index (χ1) is 15.5. The number of rotatable bonds is 8. The summed E-state index contributed by atoms with van der Waals surface area (Å²) in [6.07, 6.45) is 1.46. The number of ether oxygens (including phenoxy) is 2. The molecule has 0 atom stereocenters. The number of nitriles is 1. The summed E-state index contributed by atoms with van der Waals surface area (Å²) < 4.78 is 12.6. The van der Waals surface area contributed by atoms with E-state index in [2.05, 4.69) is 21.2 Å². The molecule has 0 aliphatic rings. The number of benzene rings is 3. The highest BCUT2D eigenvalue weighted by molar-refractivity contribution is 9.10. The van der Waals surface area contributed by atoms with Gasteiger partial charge in [0, 0.05) is 15.7 Å². The molecule has 0 heterocycles. The zero-order chi connectivity index (χ0) is 22.9. The predicted octanol–water partition coefficient (Wildman–Crippen LogP) is 6.63. The van der Waals surface area contributed by atoms with E-state index in [0.29, 0.717) is 41.0 Å². The molecule has 7 heteroatoms. The van der Waals surface area contributed by atoms with Crippen LogP contribution in [0.5, 0.6) is 11.5 Å². The van der Waals surface area contributed by atoms with Gasteiger partial charge in [-0.05, 0) is 48.9 Å². The van der Waals surface area contributed by atoms with Gasteiger partial charge in [0.15, 0.2) is 11.5 Å². The second kappa shape index (κ2) is 11.4. The van der Waals surface area contributed by atoms with Crippen LogP contribution < -0.4 is 14.8 Å². The van der Waals surface area contributed by atoms with Crippen LogP contribution in [0.15, 0.2) is 76.8 Å². The van der Waals surface area contributed by atoms with Crippen molar-refractivity contribution in [3.05, 3.63) is 92.9 Å². The summed E-state index contributed by atoms with van der Waals surface area (Å²) in [6.45, 7) is 2.54. The van der Waals surface area contributed by atoms with Crippen LogP contribution in [0.4, 0.5) is 5.69 Å². The van der Waals surface area contributed by atoms with E-state index in [1.165, 1.54) is 6.08 Å². The summed E-state index contributed by atoms with van der Waals surface area (Å²) >= 11 is 9.98. The highest BCUT2D eigenvalue weighted by Gasteiger charge is 2.15. The SMILES string of the molecule is CCOc1cc(/C=C(\C#N)C(=O)Nc2ccccc2)cc(Cl)c1OCc1ccccc1Br. The highest BCUT2D eigenvalue weighted by atomic mass is 79.9. The third kappa shape index (κ3) is 6.13. The number of carbonyl (C=O) groups is 1. The summed E-state index contributed by atoms with van der Waals surface area (Å²) in [6, 6.07) is 21.9. The van der Waals surface area contributed by atoms with Gasteiger partial charge in [-0.25, -0.2) is 0 Å². The van der Waals surface area contributed by atoms with E-state index in [-0.39, 0.29) is 5.57 Å². The fourth-order valence-corrected chi connectivity index (χ4v) is 3.55. The molecule has 0 aliphatic carbocycles. The van der Waals surface area contributed by atoms with E-state index in [4.69, 9.17) is 21.1 Å². The Hall–Kier alpha value is -3.27. The van der Waals surface area contributed by atoms with Gasteiger partial charge in [-0.2, -0.15) is 5.26 Å². The fourth-order valence-electron chi connectivity index (χ4n) is 2.87. The molecule has 0 saturated carbocycles. The van der Waals surface area contributed by atoms with Gasteiger partial charge in [0.2, 0.25) is 0 Å². The number of amides is 1. The number of hydrogen-bond donors (Lipinski definition) is 1. The van der Waals surface area contributed by atoms with Gasteiger partial charge in [0.25, 0.3) is 5.91 Å². The standard InChI is InChI=1S/C25H20BrClN2O3/c1-2-31-23-14-17(12-19(15-28)25(30)29-20-9-4-3-5-10-20)13-22(27)24(23)32-16-18-8-6-7-11-21(18)26/h3-14H,2,16H2,1H3,(H,29,30)/b19-12+. The number of halogens is 2. The number of para-hydroxylation sites is 1. The highest BCUT2D eigenvalue weighted by Crippen LogP contribution is 2.38. The minimum atomic E-state index is -0.512. The van der Waals surface area contributed by atoms with Crippen LogP contribution in [-0.2, 0) is 11.4 Å². The van der Waals surface area contributed by atoms with Gasteiger partial charge in [0.1, 0.15) is 18.2 Å². The number of nitrogens with one attached hydrogen (secondary N) is 1. The summed E-state index contributed by atoms with van der Waals surface area (Å²) in [5.74, 6) is 0.315. The molecule has 3 aromatic carbocycles. The van der Waals surface area contributed by atoms with Crippen LogP contribution in [0.25, 0.3) is 6.08 Å². The monoisotopic (exact) mass is 510 g/mol. The van der Waals surface area contributed by atoms with Gasteiger partial charge in [-0.1, -0.05) is 63.9 Å². The Balaban J connectivity index is 1.86. The van der Waals surface area contributed by atoms with Crippen molar-refractivity contribution in [2.75, 3.05) is 11.9 Å². The van der Waals surface area contributed by atoms with Crippen LogP contribution in [-0.4, -0.2) is 12.5 Å². The minimum Gasteiger partial charge on any atom is -0.490 e. The molecule has 0 fully saturated rings. The van der Waals surface area contributed by atoms with E-state index in [1.807, 2.05) is 43.3 Å². The molecule has 32 heavy (non-hydrogen) atoms. The Bertz CT molecular complexity index is 1170. The number of carbonyl (C=O) groups excluding carboxylic acids is 1. The maximum absolute atomic E-state index is 12.5. The second-order valence-corrected chi connectivity index (χ2v) is 7.89. The molecule has 3 aromatic rings. The molecule has 0 saturated heterocycles. The normalized spacial score (nSPS) is 10.9. The third-order valence-electron chi connectivity index (χ3n) is 4.37. The van der Waals surface area contributed by atoms with Crippen LogP contribution in [0.1, 0.15) is 18.1 Å². The third-order valence-corrected chi connectivity index (χ3v) is 5.42. The van der Waals surface area contributed by atoms with Gasteiger partial charge >= 0.3 is 0 Å². The Morgan fingerprint density at radius 2 is 1.84 bits per heavy atom. The van der Waals surface area contributed by atoms with Crippen LogP contribution >= 0.6 is 27.5 Å². The summed E-state index contributed by atoms with van der Waals surface area (Å²) in [5.41, 5.74) is 2.04. The first-order valence-electron chi connectivity index (χ1n) is 9.82. The predicted molar refractivity (Wildman–Crippen MR) is 130 cm³/mol. The van der Waals surface area contributed by atoms with Gasteiger partial charge in [-0.15, -0.1) is 0 Å². The Morgan fingerprint density at radius 3 is 2.53 bits per heavy atom. The van der Waals surface area contributed by atoms with Crippen molar-refractivity contribution in [1.29, 1.82) is 5.26 Å². The lowest BCUT2D eigenvalue weighted by molar-refractivity contribution is -0.112. The van der Waals surface area contributed by atoms with Gasteiger partial charge in [0.05, 0.1) is 11.6 Å². The molecule has 0 aromatic heterocycles. The molecule has 0 unspecified atom stereocenters.